The molecule has 1 atom stereocenters. The van der Waals surface area contributed by atoms with Gasteiger partial charge in [-0.05, 0) is 17.5 Å². The summed E-state index contributed by atoms with van der Waals surface area (Å²) in [4.78, 5) is 33.0. The lowest BCUT2D eigenvalue weighted by Crippen LogP contribution is -2.48. The van der Waals surface area contributed by atoms with Crippen LogP contribution in [0.15, 0.2) is 48.7 Å². The highest BCUT2D eigenvalue weighted by molar-refractivity contribution is 5.94. The summed E-state index contributed by atoms with van der Waals surface area (Å²) in [6.45, 7) is 4.44. The molecular weight excluding hydrogens is 382 g/mol. The van der Waals surface area contributed by atoms with Gasteiger partial charge in [-0.25, -0.2) is 9.78 Å². The van der Waals surface area contributed by atoms with Gasteiger partial charge < -0.3 is 19.3 Å². The van der Waals surface area contributed by atoms with Gasteiger partial charge in [0.15, 0.2) is 0 Å². The Balaban J connectivity index is 1.36. The normalized spacial score (nSPS) is 18.9. The van der Waals surface area contributed by atoms with Crippen molar-refractivity contribution in [3.8, 4) is 5.88 Å². The SMILES string of the molecule is COc1cc(C(=O)N2CCC3(CC2)CN(CC(C)c2ccccc2)C(=O)O3)ccn1. The van der Waals surface area contributed by atoms with Crippen LogP contribution in [0.2, 0.25) is 0 Å². The molecule has 1 spiro atoms. The molecule has 3 heterocycles. The largest absolute Gasteiger partial charge is 0.481 e. The first-order valence-corrected chi connectivity index (χ1v) is 10.3. The maximum Gasteiger partial charge on any atom is 0.410 e. The first kappa shape index (κ1) is 20.2. The van der Waals surface area contributed by atoms with E-state index in [-0.39, 0.29) is 17.9 Å². The number of rotatable bonds is 5. The highest BCUT2D eigenvalue weighted by atomic mass is 16.6. The summed E-state index contributed by atoms with van der Waals surface area (Å²) in [6, 6.07) is 13.5. The Bertz CT molecular complexity index is 910. The highest BCUT2D eigenvalue weighted by Gasteiger charge is 2.47. The molecule has 4 rings (SSSR count). The second-order valence-electron chi connectivity index (χ2n) is 8.12. The van der Waals surface area contributed by atoms with Crippen molar-refractivity contribution in [2.75, 3.05) is 33.3 Å². The van der Waals surface area contributed by atoms with Gasteiger partial charge in [0.25, 0.3) is 5.91 Å². The summed E-state index contributed by atoms with van der Waals surface area (Å²) in [6.07, 6.45) is 2.60. The zero-order chi connectivity index (χ0) is 21.1. The molecule has 0 radical (unpaired) electrons. The average Bonchev–Trinajstić information content (AvgIpc) is 3.08. The molecule has 1 aromatic heterocycles. The second-order valence-corrected chi connectivity index (χ2v) is 8.12. The van der Waals surface area contributed by atoms with Crippen LogP contribution in [0, 0.1) is 0 Å². The number of carbonyl (C=O) groups is 2. The van der Waals surface area contributed by atoms with Crippen molar-refractivity contribution in [2.45, 2.75) is 31.3 Å². The Morgan fingerprint density at radius 1 is 1.23 bits per heavy atom. The Labute approximate surface area is 176 Å². The quantitative estimate of drug-likeness (QED) is 0.758. The molecule has 158 valence electrons. The van der Waals surface area contributed by atoms with Gasteiger partial charge >= 0.3 is 6.09 Å². The molecule has 2 aliphatic rings. The van der Waals surface area contributed by atoms with Crippen molar-refractivity contribution >= 4 is 12.0 Å². The summed E-state index contributed by atoms with van der Waals surface area (Å²) >= 11 is 0. The van der Waals surface area contributed by atoms with Crippen LogP contribution in [0.1, 0.15) is 41.6 Å². The van der Waals surface area contributed by atoms with Gasteiger partial charge in [0.1, 0.15) is 5.60 Å². The molecule has 2 amide bonds. The molecule has 2 aromatic rings. The zero-order valence-electron chi connectivity index (χ0n) is 17.4. The van der Waals surface area contributed by atoms with Crippen LogP contribution in [0.4, 0.5) is 4.79 Å². The van der Waals surface area contributed by atoms with Crippen molar-refractivity contribution in [3.05, 3.63) is 59.8 Å². The lowest BCUT2D eigenvalue weighted by Gasteiger charge is -2.37. The van der Waals surface area contributed by atoms with Crippen molar-refractivity contribution in [2.24, 2.45) is 0 Å². The Morgan fingerprint density at radius 3 is 2.67 bits per heavy atom. The number of hydrogen-bond donors (Lipinski definition) is 0. The van der Waals surface area contributed by atoms with Gasteiger partial charge in [0, 0.05) is 50.3 Å². The minimum absolute atomic E-state index is 0.0515. The van der Waals surface area contributed by atoms with E-state index >= 15 is 0 Å². The fourth-order valence-corrected chi connectivity index (χ4v) is 4.27. The van der Waals surface area contributed by atoms with E-state index in [1.54, 1.807) is 18.3 Å². The third-order valence-electron chi connectivity index (χ3n) is 6.06. The number of methoxy groups -OCH3 is 1. The van der Waals surface area contributed by atoms with E-state index in [1.165, 1.54) is 12.7 Å². The fraction of sp³-hybridized carbons (Fsp3) is 0.435. The summed E-state index contributed by atoms with van der Waals surface area (Å²) < 4.78 is 10.9. The van der Waals surface area contributed by atoms with Crippen LogP contribution < -0.4 is 4.74 Å². The zero-order valence-corrected chi connectivity index (χ0v) is 17.4. The van der Waals surface area contributed by atoms with Gasteiger partial charge in [0.2, 0.25) is 5.88 Å². The molecule has 0 bridgehead atoms. The minimum Gasteiger partial charge on any atom is -0.481 e. The van der Waals surface area contributed by atoms with Crippen LogP contribution in [0.25, 0.3) is 0 Å². The molecule has 30 heavy (non-hydrogen) atoms. The Kier molecular flexibility index (Phi) is 5.61. The van der Waals surface area contributed by atoms with E-state index in [1.807, 2.05) is 28.0 Å². The third kappa shape index (κ3) is 4.10. The van der Waals surface area contributed by atoms with Crippen LogP contribution in [-0.4, -0.2) is 65.7 Å². The third-order valence-corrected chi connectivity index (χ3v) is 6.06. The molecule has 0 aliphatic carbocycles. The number of benzene rings is 1. The molecule has 0 saturated carbocycles. The number of amides is 2. The molecule has 0 N–H and O–H groups in total. The first-order valence-electron chi connectivity index (χ1n) is 10.3. The number of likely N-dealkylation sites (tertiary alicyclic amines) is 1. The summed E-state index contributed by atoms with van der Waals surface area (Å²) in [5, 5.41) is 0. The van der Waals surface area contributed by atoms with Gasteiger partial charge in [-0.2, -0.15) is 0 Å². The molecule has 2 aliphatic heterocycles. The Hall–Kier alpha value is -3.09. The molecule has 2 saturated heterocycles. The number of carbonyl (C=O) groups excluding carboxylic acids is 2. The van der Waals surface area contributed by atoms with E-state index in [9.17, 15) is 9.59 Å². The van der Waals surface area contributed by atoms with Gasteiger partial charge in [-0.15, -0.1) is 0 Å². The Morgan fingerprint density at radius 2 is 1.97 bits per heavy atom. The van der Waals surface area contributed by atoms with Crippen LogP contribution in [-0.2, 0) is 4.74 Å². The molecule has 7 heteroatoms. The first-order chi connectivity index (χ1) is 14.5. The predicted octanol–water partition coefficient (Wildman–Crippen LogP) is 3.32. The van der Waals surface area contributed by atoms with Crippen molar-refractivity contribution in [1.29, 1.82) is 0 Å². The van der Waals surface area contributed by atoms with Gasteiger partial charge in [0.05, 0.1) is 13.7 Å². The van der Waals surface area contributed by atoms with Crippen LogP contribution >= 0.6 is 0 Å². The lowest BCUT2D eigenvalue weighted by molar-refractivity contribution is 0.00312. The molecule has 1 unspecified atom stereocenters. The average molecular weight is 409 g/mol. The second kappa shape index (κ2) is 8.34. The molecule has 1 aromatic carbocycles. The number of piperidine rings is 1. The number of ether oxygens (including phenoxy) is 2. The highest BCUT2D eigenvalue weighted by Crippen LogP contribution is 2.34. The number of nitrogens with zero attached hydrogens (tertiary/aromatic N) is 3. The maximum absolute atomic E-state index is 12.8. The monoisotopic (exact) mass is 409 g/mol. The number of aromatic nitrogens is 1. The van der Waals surface area contributed by atoms with E-state index in [2.05, 4.69) is 24.0 Å². The van der Waals surface area contributed by atoms with Crippen molar-refractivity contribution in [3.63, 3.8) is 0 Å². The summed E-state index contributed by atoms with van der Waals surface area (Å²) in [7, 11) is 1.53. The minimum atomic E-state index is -0.500. The van der Waals surface area contributed by atoms with Crippen molar-refractivity contribution < 1.29 is 19.1 Å². The summed E-state index contributed by atoms with van der Waals surface area (Å²) in [5.41, 5.74) is 1.26. The van der Waals surface area contributed by atoms with E-state index in [0.29, 0.717) is 50.5 Å². The standard InChI is InChI=1S/C23H27N3O4/c1-17(18-6-4-3-5-7-18)15-26-16-23(30-22(26)28)9-12-25(13-10-23)21(27)19-8-11-24-20(14-19)29-2/h3-8,11,14,17H,9-10,12-13,15-16H2,1-2H3. The van der Waals surface area contributed by atoms with E-state index in [4.69, 9.17) is 9.47 Å². The topological polar surface area (TPSA) is 72.0 Å². The fourth-order valence-electron chi connectivity index (χ4n) is 4.27. The van der Waals surface area contributed by atoms with Gasteiger partial charge in [-0.3, -0.25) is 4.79 Å². The summed E-state index contributed by atoms with van der Waals surface area (Å²) in [5.74, 6) is 0.601. The van der Waals surface area contributed by atoms with E-state index < -0.39 is 5.60 Å². The molecular formula is C23H27N3O4. The lowest BCUT2D eigenvalue weighted by atomic mass is 9.90. The van der Waals surface area contributed by atoms with Crippen LogP contribution in [0.5, 0.6) is 5.88 Å². The molecule has 2 fully saturated rings. The predicted molar refractivity (Wildman–Crippen MR) is 112 cm³/mol. The number of pyridine rings is 1. The van der Waals surface area contributed by atoms with Crippen LogP contribution in [0.3, 0.4) is 0 Å². The molecule has 7 nitrogen and oxygen atoms in total. The van der Waals surface area contributed by atoms with Crippen molar-refractivity contribution in [1.82, 2.24) is 14.8 Å². The number of hydrogen-bond acceptors (Lipinski definition) is 5. The van der Waals surface area contributed by atoms with Gasteiger partial charge in [-0.1, -0.05) is 37.3 Å². The smallest absolute Gasteiger partial charge is 0.410 e. The van der Waals surface area contributed by atoms with E-state index in [0.717, 1.165) is 0 Å². The maximum atomic E-state index is 12.8.